The highest BCUT2D eigenvalue weighted by molar-refractivity contribution is 4.94. The first-order chi connectivity index (χ1) is 7.17. The molecule has 4 nitrogen and oxygen atoms in total. The van der Waals surface area contributed by atoms with Gasteiger partial charge in [-0.25, -0.2) is 0 Å². The molecule has 2 atom stereocenters. The van der Waals surface area contributed by atoms with Gasteiger partial charge in [-0.1, -0.05) is 25.9 Å². The van der Waals surface area contributed by atoms with E-state index in [1.165, 1.54) is 0 Å². The van der Waals surface area contributed by atoms with Crippen molar-refractivity contribution < 1.29 is 4.52 Å². The summed E-state index contributed by atoms with van der Waals surface area (Å²) in [5.74, 6) is 2.04. The molecule has 0 saturated heterocycles. The van der Waals surface area contributed by atoms with Gasteiger partial charge in [-0.05, 0) is 12.3 Å². The van der Waals surface area contributed by atoms with Crippen molar-refractivity contribution >= 4 is 0 Å². The van der Waals surface area contributed by atoms with Crippen molar-refractivity contribution in [3.05, 3.63) is 11.7 Å². The number of nitriles is 1. The second-order valence-electron chi connectivity index (χ2n) is 4.03. The molecule has 0 fully saturated rings. The van der Waals surface area contributed by atoms with Crippen molar-refractivity contribution in [1.82, 2.24) is 10.1 Å². The molecule has 1 aromatic heterocycles. The molecule has 1 aromatic rings. The van der Waals surface area contributed by atoms with Crippen LogP contribution < -0.4 is 0 Å². The molecule has 4 heteroatoms. The Kier molecular flexibility index (Phi) is 4.29. The van der Waals surface area contributed by atoms with Gasteiger partial charge >= 0.3 is 0 Å². The molecular weight excluding hydrogens is 190 g/mol. The molecule has 0 aliphatic rings. The topological polar surface area (TPSA) is 62.7 Å². The highest BCUT2D eigenvalue weighted by atomic mass is 16.5. The van der Waals surface area contributed by atoms with Crippen LogP contribution >= 0.6 is 0 Å². The third-order valence-corrected chi connectivity index (χ3v) is 2.50. The van der Waals surface area contributed by atoms with E-state index in [-0.39, 0.29) is 5.92 Å². The van der Waals surface area contributed by atoms with Crippen LogP contribution in [-0.4, -0.2) is 10.1 Å². The monoisotopic (exact) mass is 207 g/mol. The van der Waals surface area contributed by atoms with Crippen LogP contribution in [-0.2, 0) is 6.42 Å². The summed E-state index contributed by atoms with van der Waals surface area (Å²) in [5.41, 5.74) is 0. The minimum Gasteiger partial charge on any atom is -0.339 e. The lowest BCUT2D eigenvalue weighted by Gasteiger charge is -2.01. The minimum atomic E-state index is 0.278. The molecule has 82 valence electrons. The summed E-state index contributed by atoms with van der Waals surface area (Å²) in [7, 11) is 0. The molecule has 2 unspecified atom stereocenters. The Balaban J connectivity index is 2.57. The molecular formula is C11H17N3O. The number of rotatable bonds is 5. The van der Waals surface area contributed by atoms with E-state index in [1.807, 2.05) is 6.92 Å². The van der Waals surface area contributed by atoms with Crippen molar-refractivity contribution in [1.29, 1.82) is 5.26 Å². The zero-order valence-corrected chi connectivity index (χ0v) is 9.53. The Bertz CT molecular complexity index is 340. The quantitative estimate of drug-likeness (QED) is 0.744. The zero-order valence-electron chi connectivity index (χ0n) is 9.53. The first-order valence-corrected chi connectivity index (χ1v) is 5.36. The standard InChI is InChI=1S/C11H17N3O/c1-4-9(3)11-13-10(15-14-11)7-8(2)5-6-12/h8-9H,4-5,7H2,1-3H3. The Morgan fingerprint density at radius 1 is 1.47 bits per heavy atom. The van der Waals surface area contributed by atoms with Gasteiger partial charge in [0, 0.05) is 18.8 Å². The van der Waals surface area contributed by atoms with Gasteiger partial charge in [0.05, 0.1) is 6.07 Å². The summed E-state index contributed by atoms with van der Waals surface area (Å²) < 4.78 is 5.13. The van der Waals surface area contributed by atoms with Crippen LogP contribution in [0.15, 0.2) is 4.52 Å². The van der Waals surface area contributed by atoms with Crippen molar-refractivity contribution in [2.75, 3.05) is 0 Å². The maximum atomic E-state index is 8.53. The Labute approximate surface area is 90.3 Å². The van der Waals surface area contributed by atoms with E-state index in [0.717, 1.165) is 12.2 Å². The summed E-state index contributed by atoms with van der Waals surface area (Å²) >= 11 is 0. The summed E-state index contributed by atoms with van der Waals surface area (Å²) in [5, 5.41) is 12.5. The van der Waals surface area contributed by atoms with Crippen molar-refractivity contribution in [2.45, 2.75) is 46.0 Å². The predicted molar refractivity (Wildman–Crippen MR) is 56.1 cm³/mol. The van der Waals surface area contributed by atoms with Crippen LogP contribution in [0.2, 0.25) is 0 Å². The van der Waals surface area contributed by atoms with Gasteiger partial charge in [-0.2, -0.15) is 10.2 Å². The lowest BCUT2D eigenvalue weighted by atomic mass is 10.1. The fourth-order valence-corrected chi connectivity index (χ4v) is 1.26. The highest BCUT2D eigenvalue weighted by Crippen LogP contribution is 2.16. The van der Waals surface area contributed by atoms with E-state index in [9.17, 15) is 0 Å². The predicted octanol–water partition coefficient (Wildman–Crippen LogP) is 2.68. The van der Waals surface area contributed by atoms with Crippen molar-refractivity contribution in [3.63, 3.8) is 0 Å². The van der Waals surface area contributed by atoms with Gasteiger partial charge < -0.3 is 4.52 Å². The third-order valence-electron chi connectivity index (χ3n) is 2.50. The molecule has 0 N–H and O–H groups in total. The lowest BCUT2D eigenvalue weighted by Crippen LogP contribution is -1.99. The number of hydrogen-bond acceptors (Lipinski definition) is 4. The molecule has 0 radical (unpaired) electrons. The van der Waals surface area contributed by atoms with Gasteiger partial charge in [0.1, 0.15) is 0 Å². The second kappa shape index (κ2) is 5.50. The van der Waals surface area contributed by atoms with Gasteiger partial charge in [-0.3, -0.25) is 0 Å². The first-order valence-electron chi connectivity index (χ1n) is 5.36. The maximum Gasteiger partial charge on any atom is 0.226 e. The minimum absolute atomic E-state index is 0.278. The highest BCUT2D eigenvalue weighted by Gasteiger charge is 2.13. The normalized spacial score (nSPS) is 14.5. The van der Waals surface area contributed by atoms with Crippen LogP contribution in [0.3, 0.4) is 0 Å². The van der Waals surface area contributed by atoms with Gasteiger partial charge in [0.15, 0.2) is 5.82 Å². The maximum absolute atomic E-state index is 8.53. The third kappa shape index (κ3) is 3.35. The van der Waals surface area contributed by atoms with Crippen LogP contribution in [0.1, 0.15) is 51.2 Å². The largest absolute Gasteiger partial charge is 0.339 e. The van der Waals surface area contributed by atoms with E-state index < -0.39 is 0 Å². The summed E-state index contributed by atoms with van der Waals surface area (Å²) in [6.07, 6.45) is 2.23. The van der Waals surface area contributed by atoms with E-state index in [1.54, 1.807) is 0 Å². The fraction of sp³-hybridized carbons (Fsp3) is 0.727. The smallest absolute Gasteiger partial charge is 0.226 e. The molecule has 15 heavy (non-hydrogen) atoms. The van der Waals surface area contributed by atoms with E-state index in [0.29, 0.717) is 24.7 Å². The summed E-state index contributed by atoms with van der Waals surface area (Å²) in [6, 6.07) is 2.14. The molecule has 0 amide bonds. The van der Waals surface area contributed by atoms with Gasteiger partial charge in [0.25, 0.3) is 0 Å². The molecule has 0 aliphatic heterocycles. The molecule has 1 heterocycles. The fourth-order valence-electron chi connectivity index (χ4n) is 1.26. The van der Waals surface area contributed by atoms with Gasteiger partial charge in [0.2, 0.25) is 5.89 Å². The molecule has 1 rings (SSSR count). The van der Waals surface area contributed by atoms with Crippen LogP contribution in [0.4, 0.5) is 0 Å². The Morgan fingerprint density at radius 2 is 2.20 bits per heavy atom. The van der Waals surface area contributed by atoms with Gasteiger partial charge in [-0.15, -0.1) is 0 Å². The second-order valence-corrected chi connectivity index (χ2v) is 4.03. The van der Waals surface area contributed by atoms with E-state index in [4.69, 9.17) is 9.78 Å². The average Bonchev–Trinajstić information content (AvgIpc) is 2.65. The number of hydrogen-bond donors (Lipinski definition) is 0. The summed E-state index contributed by atoms with van der Waals surface area (Å²) in [4.78, 5) is 4.32. The SMILES string of the molecule is CCC(C)c1noc(CC(C)CC#N)n1. The number of aromatic nitrogens is 2. The van der Waals surface area contributed by atoms with Crippen molar-refractivity contribution in [3.8, 4) is 6.07 Å². The first kappa shape index (κ1) is 11.7. The average molecular weight is 207 g/mol. The molecule has 0 spiro atoms. The molecule has 0 saturated carbocycles. The van der Waals surface area contributed by atoms with Crippen LogP contribution in [0.5, 0.6) is 0 Å². The molecule has 0 bridgehead atoms. The molecule has 0 aromatic carbocycles. The zero-order chi connectivity index (χ0) is 11.3. The Morgan fingerprint density at radius 3 is 2.80 bits per heavy atom. The van der Waals surface area contributed by atoms with Crippen LogP contribution in [0, 0.1) is 17.2 Å². The number of nitrogens with zero attached hydrogens (tertiary/aromatic N) is 3. The van der Waals surface area contributed by atoms with Crippen LogP contribution in [0.25, 0.3) is 0 Å². The lowest BCUT2D eigenvalue weighted by molar-refractivity contribution is 0.352. The molecule has 0 aliphatic carbocycles. The summed E-state index contributed by atoms with van der Waals surface area (Å²) in [6.45, 7) is 6.18. The van der Waals surface area contributed by atoms with E-state index >= 15 is 0 Å². The van der Waals surface area contributed by atoms with E-state index in [2.05, 4.69) is 30.1 Å². The van der Waals surface area contributed by atoms with Crippen molar-refractivity contribution in [2.24, 2.45) is 5.92 Å². The Hall–Kier alpha value is -1.37.